The molecule has 0 radical (unpaired) electrons. The molecule has 2 aliphatic heterocycles. The van der Waals surface area contributed by atoms with E-state index in [-0.39, 0.29) is 29.5 Å². The van der Waals surface area contributed by atoms with E-state index < -0.39 is 125 Å². The average Bonchev–Trinajstić information content (AvgIpc) is 3.16. The van der Waals surface area contributed by atoms with Gasteiger partial charge in [-0.25, -0.2) is 9.59 Å². The van der Waals surface area contributed by atoms with Crippen LogP contribution in [0.1, 0.15) is 99.3 Å². The maximum absolute atomic E-state index is 14.9. The van der Waals surface area contributed by atoms with Crippen molar-refractivity contribution in [3.8, 4) is 0 Å². The summed E-state index contributed by atoms with van der Waals surface area (Å²) in [4.78, 5) is 51.4. The standard InChI is InChI=1S/C42H62O17/c1-37-11-12-38(2,36(54)55)16-19(37)18-15-20(44)31-39(3)9-8-22(40(4,17-43)21(39)7-10-42(31,6)41(18,5)14-13-37)56-35-30(26(48)25(47)29(58-35)33(52)53)59-34-27(49)23(45)24(46)28(57-34)32(50)51/h15,19,21-31,34-35,43,45-49H,7-14,16-17H2,1-6H3,(H,50,51)(H,52,53)(H,54,55)/t19-,21-,22+,23+,24+,25+,26+,27-,28+,29+,30-,31-,34+,35+,37-,38+,39+,40-,41-,42-/m1/s1. The largest absolute Gasteiger partial charge is 0.481 e. The van der Waals surface area contributed by atoms with Gasteiger partial charge in [0.2, 0.25) is 0 Å². The number of allylic oxidation sites excluding steroid dienone is 2. The van der Waals surface area contributed by atoms with Crippen LogP contribution in [0, 0.1) is 50.2 Å². The number of aliphatic hydroxyl groups is 6. The monoisotopic (exact) mass is 838 g/mol. The molecule has 0 aromatic carbocycles. The molecule has 17 heteroatoms. The summed E-state index contributed by atoms with van der Waals surface area (Å²) in [6.07, 6.45) is -13.8. The molecular weight excluding hydrogens is 776 g/mol. The van der Waals surface area contributed by atoms with Gasteiger partial charge in [-0.15, -0.1) is 0 Å². The third-order valence-electron chi connectivity index (χ3n) is 17.4. The van der Waals surface area contributed by atoms with E-state index in [4.69, 9.17) is 18.9 Å². The van der Waals surface area contributed by atoms with Gasteiger partial charge in [0.25, 0.3) is 0 Å². The van der Waals surface area contributed by atoms with Gasteiger partial charge >= 0.3 is 17.9 Å². The first-order valence-corrected chi connectivity index (χ1v) is 20.9. The first-order chi connectivity index (χ1) is 27.3. The van der Waals surface area contributed by atoms with Gasteiger partial charge in [0.1, 0.15) is 36.6 Å². The molecule has 0 aromatic heterocycles. The maximum Gasteiger partial charge on any atom is 0.335 e. The normalized spacial score (nSPS) is 53.5. The van der Waals surface area contributed by atoms with Crippen LogP contribution >= 0.6 is 0 Å². The SMILES string of the molecule is C[C@]1(C(=O)O)CC[C@]2(C)CC[C@]3(C)C(=CC(=O)[C@@H]4[C@@]5(C)CC[C@H](O[C@H]6O[C@H](C(=O)O)[C@@H](O)[C@H](O)[C@H]6O[C@@H]6O[C@H](C(=O)O)[C@@H](O)[C@H](O)[C@H]6O)[C@](C)(CO)[C@@H]5CC[C@]43C)[C@H]2C1. The number of rotatable bonds is 8. The Kier molecular flexibility index (Phi) is 11.1. The minimum absolute atomic E-state index is 0.0119. The van der Waals surface area contributed by atoms with Gasteiger partial charge < -0.3 is 64.9 Å². The number of carbonyl (C=O) groups excluding carboxylic acids is 1. The highest BCUT2D eigenvalue weighted by molar-refractivity contribution is 5.95. The molecule has 332 valence electrons. The molecule has 9 N–H and O–H groups in total. The fourth-order valence-corrected chi connectivity index (χ4v) is 13.4. The quantitative estimate of drug-likeness (QED) is 0.155. The lowest BCUT2D eigenvalue weighted by Gasteiger charge is -2.70. The van der Waals surface area contributed by atoms with E-state index in [9.17, 15) is 65.1 Å². The molecule has 17 nitrogen and oxygen atoms in total. The summed E-state index contributed by atoms with van der Waals surface area (Å²) in [5.74, 6) is -5.02. The lowest BCUT2D eigenvalue weighted by atomic mass is 9.33. The number of hydrogen-bond donors (Lipinski definition) is 9. The Hall–Kier alpha value is -2.58. The van der Waals surface area contributed by atoms with Crippen LogP contribution in [-0.2, 0) is 38.1 Å². The van der Waals surface area contributed by atoms with E-state index in [2.05, 4.69) is 27.7 Å². The molecule has 0 bridgehead atoms. The number of hydrogen-bond acceptors (Lipinski definition) is 14. The Labute approximate surface area is 342 Å². The summed E-state index contributed by atoms with van der Waals surface area (Å²) >= 11 is 0. The minimum Gasteiger partial charge on any atom is -0.481 e. The summed E-state index contributed by atoms with van der Waals surface area (Å²) in [7, 11) is 0. The van der Waals surface area contributed by atoms with Crippen molar-refractivity contribution in [1.82, 2.24) is 0 Å². The molecule has 0 aromatic rings. The zero-order chi connectivity index (χ0) is 43.6. The molecule has 5 aliphatic carbocycles. The molecular formula is C42H62O17. The number of carbonyl (C=O) groups is 4. The van der Waals surface area contributed by atoms with Crippen molar-refractivity contribution in [2.45, 2.75) is 167 Å². The number of aliphatic hydroxyl groups excluding tert-OH is 6. The molecule has 4 saturated carbocycles. The number of ether oxygens (including phenoxy) is 4. The van der Waals surface area contributed by atoms with Crippen LogP contribution in [-0.4, -0.2) is 144 Å². The maximum atomic E-state index is 14.9. The highest BCUT2D eigenvalue weighted by Crippen LogP contribution is 2.75. The fourth-order valence-electron chi connectivity index (χ4n) is 13.4. The molecule has 0 unspecified atom stereocenters. The molecule has 20 atom stereocenters. The number of aliphatic carboxylic acids is 3. The van der Waals surface area contributed by atoms with Crippen molar-refractivity contribution < 1.29 is 84.1 Å². The van der Waals surface area contributed by atoms with E-state index in [1.54, 1.807) is 0 Å². The Morgan fingerprint density at radius 2 is 1.32 bits per heavy atom. The Morgan fingerprint density at radius 1 is 0.729 bits per heavy atom. The molecule has 6 fully saturated rings. The second-order valence-electron chi connectivity index (χ2n) is 20.5. The predicted molar refractivity (Wildman–Crippen MR) is 201 cm³/mol. The van der Waals surface area contributed by atoms with Crippen molar-refractivity contribution >= 4 is 23.7 Å². The molecule has 7 rings (SSSR count). The number of fused-ring (bicyclic) bond motifs is 7. The van der Waals surface area contributed by atoms with Crippen molar-refractivity contribution in [2.75, 3.05) is 6.61 Å². The van der Waals surface area contributed by atoms with Crippen molar-refractivity contribution in [3.63, 3.8) is 0 Å². The molecule has 7 aliphatic rings. The van der Waals surface area contributed by atoms with Gasteiger partial charge in [-0.2, -0.15) is 0 Å². The third-order valence-corrected chi connectivity index (χ3v) is 17.4. The summed E-state index contributed by atoms with van der Waals surface area (Å²) in [5, 5.41) is 94.3. The van der Waals surface area contributed by atoms with Gasteiger partial charge in [0, 0.05) is 11.3 Å². The molecule has 0 amide bonds. The predicted octanol–water partition coefficient (Wildman–Crippen LogP) is 1.22. The third kappa shape index (κ3) is 6.46. The van der Waals surface area contributed by atoms with Crippen LogP contribution in [0.15, 0.2) is 11.6 Å². The first kappa shape index (κ1) is 44.5. The minimum atomic E-state index is -2.10. The van der Waals surface area contributed by atoms with Crippen LogP contribution in [0.5, 0.6) is 0 Å². The van der Waals surface area contributed by atoms with E-state index >= 15 is 0 Å². The van der Waals surface area contributed by atoms with Crippen LogP contribution < -0.4 is 0 Å². The highest BCUT2D eigenvalue weighted by atomic mass is 16.8. The molecule has 2 saturated heterocycles. The number of carboxylic acid groups (broad SMARTS) is 3. The number of ketones is 1. The fraction of sp³-hybridized carbons (Fsp3) is 0.857. The van der Waals surface area contributed by atoms with Crippen molar-refractivity contribution in [3.05, 3.63) is 11.6 Å². The molecule has 59 heavy (non-hydrogen) atoms. The van der Waals surface area contributed by atoms with Gasteiger partial charge in [0.15, 0.2) is 30.6 Å². The van der Waals surface area contributed by atoms with Crippen LogP contribution in [0.25, 0.3) is 0 Å². The van der Waals surface area contributed by atoms with Gasteiger partial charge in [-0.1, -0.05) is 40.2 Å². The van der Waals surface area contributed by atoms with E-state index in [0.29, 0.717) is 32.1 Å². The Balaban J connectivity index is 1.19. The van der Waals surface area contributed by atoms with E-state index in [0.717, 1.165) is 24.8 Å². The summed E-state index contributed by atoms with van der Waals surface area (Å²) in [6.45, 7) is 12.0. The zero-order valence-electron chi connectivity index (χ0n) is 34.5. The van der Waals surface area contributed by atoms with Crippen LogP contribution in [0.2, 0.25) is 0 Å². The second kappa shape index (κ2) is 14.8. The topological polar surface area (TPSA) is 287 Å². The van der Waals surface area contributed by atoms with E-state index in [1.165, 1.54) is 0 Å². The summed E-state index contributed by atoms with van der Waals surface area (Å²) in [5.41, 5.74) is -2.63. The average molecular weight is 839 g/mol. The zero-order valence-corrected chi connectivity index (χ0v) is 34.5. The summed E-state index contributed by atoms with van der Waals surface area (Å²) in [6, 6.07) is 0. The van der Waals surface area contributed by atoms with Gasteiger partial charge in [0.05, 0.1) is 18.1 Å². The summed E-state index contributed by atoms with van der Waals surface area (Å²) < 4.78 is 23.2. The smallest absolute Gasteiger partial charge is 0.335 e. The lowest BCUT2D eigenvalue weighted by Crippen LogP contribution is -2.69. The van der Waals surface area contributed by atoms with Gasteiger partial charge in [-0.05, 0) is 104 Å². The Bertz CT molecular complexity index is 1750. The van der Waals surface area contributed by atoms with Crippen LogP contribution in [0.3, 0.4) is 0 Å². The van der Waals surface area contributed by atoms with E-state index in [1.807, 2.05) is 19.9 Å². The highest BCUT2D eigenvalue weighted by Gasteiger charge is 2.71. The molecule has 2 heterocycles. The first-order valence-electron chi connectivity index (χ1n) is 20.9. The Morgan fingerprint density at radius 3 is 1.92 bits per heavy atom. The molecule has 0 spiro atoms. The van der Waals surface area contributed by atoms with Crippen molar-refractivity contribution in [1.29, 1.82) is 0 Å². The van der Waals surface area contributed by atoms with Crippen LogP contribution in [0.4, 0.5) is 0 Å². The lowest BCUT2D eigenvalue weighted by molar-refractivity contribution is -0.372. The van der Waals surface area contributed by atoms with Gasteiger partial charge in [-0.3, -0.25) is 9.59 Å². The second-order valence-corrected chi connectivity index (χ2v) is 20.5. The van der Waals surface area contributed by atoms with Crippen molar-refractivity contribution in [2.24, 2.45) is 50.2 Å². The number of carboxylic acids is 3.